The van der Waals surface area contributed by atoms with Crippen LogP contribution < -0.4 is 10.1 Å². The molecule has 1 unspecified atom stereocenters. The van der Waals surface area contributed by atoms with Crippen LogP contribution >= 0.6 is 0 Å². The second kappa shape index (κ2) is 9.56. The molecule has 5 heterocycles. The van der Waals surface area contributed by atoms with Gasteiger partial charge >= 0.3 is 0 Å². The molecule has 3 aromatic heterocycles. The molecule has 2 aliphatic heterocycles. The molecule has 1 spiro atoms. The van der Waals surface area contributed by atoms with E-state index in [1.54, 1.807) is 6.20 Å². The number of carbonyl (C=O) groups excluding carboxylic acids is 1. The van der Waals surface area contributed by atoms with Gasteiger partial charge in [0.2, 0.25) is 5.91 Å². The quantitative estimate of drug-likeness (QED) is 0.521. The molecule has 1 fully saturated rings. The van der Waals surface area contributed by atoms with Crippen molar-refractivity contribution in [2.24, 2.45) is 7.05 Å². The Bertz CT molecular complexity index is 1250. The van der Waals surface area contributed by atoms with Crippen molar-refractivity contribution in [2.45, 2.75) is 31.8 Å². The Morgan fingerprint density at radius 1 is 1.31 bits per heavy atom. The smallest absolute Gasteiger partial charge is 0.222 e. The maximum absolute atomic E-state index is 11.6. The Morgan fingerprint density at radius 3 is 2.91 bits per heavy atom. The van der Waals surface area contributed by atoms with Crippen LogP contribution in [0, 0.1) is 0 Å². The standard InChI is InChI=1S/C26H33N5O4/c1-17(32)28-24-12-19-20(15-31(4)22(19)14-27-24)21-13-23(34-9-5-8-30(2)3)18-6-10-35-26(25(18)29-21)7-11-33-16-26/h12-15H,5-11,16H2,1-4H3,(H,27,28,32). The number of ether oxygens (including phenoxy) is 3. The lowest BCUT2D eigenvalue weighted by molar-refractivity contribution is -0.114. The summed E-state index contributed by atoms with van der Waals surface area (Å²) in [6, 6.07) is 3.95. The molecule has 0 aromatic carbocycles. The second-order valence-electron chi connectivity index (χ2n) is 9.65. The molecule has 0 saturated carbocycles. The molecule has 1 N–H and O–H groups in total. The summed E-state index contributed by atoms with van der Waals surface area (Å²) in [5.74, 6) is 1.22. The maximum Gasteiger partial charge on any atom is 0.222 e. The van der Waals surface area contributed by atoms with Gasteiger partial charge in [0.1, 0.15) is 17.2 Å². The first-order valence-electron chi connectivity index (χ1n) is 12.1. The number of aromatic nitrogens is 3. The van der Waals surface area contributed by atoms with Crippen LogP contribution in [0.1, 0.15) is 31.0 Å². The Kier molecular flexibility index (Phi) is 6.48. The summed E-state index contributed by atoms with van der Waals surface area (Å²) >= 11 is 0. The Hall–Kier alpha value is -3.01. The van der Waals surface area contributed by atoms with E-state index in [1.165, 1.54) is 6.92 Å². The van der Waals surface area contributed by atoms with Gasteiger partial charge in [-0.2, -0.15) is 0 Å². The van der Waals surface area contributed by atoms with Crippen molar-refractivity contribution in [2.75, 3.05) is 52.4 Å². The number of nitrogens with zero attached hydrogens (tertiary/aromatic N) is 4. The predicted octanol–water partition coefficient (Wildman–Crippen LogP) is 3.11. The van der Waals surface area contributed by atoms with Crippen molar-refractivity contribution in [1.29, 1.82) is 0 Å². The van der Waals surface area contributed by atoms with E-state index < -0.39 is 5.60 Å². The summed E-state index contributed by atoms with van der Waals surface area (Å²) in [7, 11) is 6.12. The minimum atomic E-state index is -0.529. The minimum Gasteiger partial charge on any atom is -0.493 e. The molecule has 0 bridgehead atoms. The maximum atomic E-state index is 11.6. The van der Waals surface area contributed by atoms with Gasteiger partial charge in [-0.25, -0.2) is 9.97 Å². The fourth-order valence-corrected chi connectivity index (χ4v) is 4.99. The molecular weight excluding hydrogens is 446 g/mol. The summed E-state index contributed by atoms with van der Waals surface area (Å²) in [6.07, 6.45) is 6.30. The number of pyridine rings is 2. The molecule has 9 heteroatoms. The van der Waals surface area contributed by atoms with Gasteiger partial charge in [0, 0.05) is 68.7 Å². The van der Waals surface area contributed by atoms with Crippen LogP contribution in [-0.4, -0.2) is 72.4 Å². The number of rotatable bonds is 7. The molecule has 0 aliphatic carbocycles. The van der Waals surface area contributed by atoms with Gasteiger partial charge in [-0.3, -0.25) is 4.79 Å². The van der Waals surface area contributed by atoms with Crippen LogP contribution in [-0.2, 0) is 33.3 Å². The van der Waals surface area contributed by atoms with Crippen molar-refractivity contribution >= 4 is 22.6 Å². The van der Waals surface area contributed by atoms with Gasteiger partial charge in [-0.1, -0.05) is 0 Å². The molecule has 2 aliphatic rings. The molecule has 5 rings (SSSR count). The first-order chi connectivity index (χ1) is 16.9. The third-order valence-corrected chi connectivity index (χ3v) is 6.69. The number of amides is 1. The van der Waals surface area contributed by atoms with Crippen molar-refractivity contribution in [1.82, 2.24) is 19.4 Å². The number of fused-ring (bicyclic) bond motifs is 3. The zero-order valence-electron chi connectivity index (χ0n) is 20.9. The summed E-state index contributed by atoms with van der Waals surface area (Å²) in [5.41, 5.74) is 4.24. The van der Waals surface area contributed by atoms with Gasteiger partial charge in [0.25, 0.3) is 0 Å². The largest absolute Gasteiger partial charge is 0.493 e. The summed E-state index contributed by atoms with van der Waals surface area (Å²) in [5, 5.41) is 3.75. The highest BCUT2D eigenvalue weighted by Crippen LogP contribution is 2.44. The Labute approximate surface area is 205 Å². The average Bonchev–Trinajstić information content (AvgIpc) is 3.41. The number of hydrogen-bond donors (Lipinski definition) is 1. The van der Waals surface area contributed by atoms with E-state index in [9.17, 15) is 4.79 Å². The number of aryl methyl sites for hydroxylation is 1. The number of carbonyl (C=O) groups is 1. The monoisotopic (exact) mass is 479 g/mol. The zero-order chi connectivity index (χ0) is 24.6. The van der Waals surface area contributed by atoms with E-state index in [0.717, 1.165) is 65.0 Å². The second-order valence-corrected chi connectivity index (χ2v) is 9.65. The molecule has 9 nitrogen and oxygen atoms in total. The minimum absolute atomic E-state index is 0.157. The fraction of sp³-hybridized carbons (Fsp3) is 0.500. The predicted molar refractivity (Wildman–Crippen MR) is 134 cm³/mol. The zero-order valence-corrected chi connectivity index (χ0v) is 20.9. The molecule has 186 valence electrons. The van der Waals surface area contributed by atoms with Crippen molar-refractivity contribution in [3.05, 3.63) is 35.8 Å². The molecule has 1 saturated heterocycles. The Balaban J connectivity index is 1.61. The first-order valence-corrected chi connectivity index (χ1v) is 12.1. The number of anilines is 1. The van der Waals surface area contributed by atoms with E-state index in [0.29, 0.717) is 32.2 Å². The third kappa shape index (κ3) is 4.63. The summed E-state index contributed by atoms with van der Waals surface area (Å²) < 4.78 is 20.5. The lowest BCUT2D eigenvalue weighted by atomic mass is 9.89. The SMILES string of the molecule is CC(=O)Nc1cc2c(-c3cc(OCCCN(C)C)c4c(n3)C3(CCOC3)OCC4)cn(C)c2cn1. The van der Waals surface area contributed by atoms with Gasteiger partial charge in [0.05, 0.1) is 42.9 Å². The number of nitrogens with one attached hydrogen (secondary N) is 1. The van der Waals surface area contributed by atoms with Crippen LogP contribution in [0.15, 0.2) is 24.5 Å². The van der Waals surface area contributed by atoms with Crippen LogP contribution in [0.2, 0.25) is 0 Å². The first kappa shape index (κ1) is 23.7. The van der Waals surface area contributed by atoms with Crippen LogP contribution in [0.5, 0.6) is 5.75 Å². The average molecular weight is 480 g/mol. The van der Waals surface area contributed by atoms with E-state index in [4.69, 9.17) is 19.2 Å². The summed E-state index contributed by atoms with van der Waals surface area (Å²) in [6.45, 7) is 4.86. The van der Waals surface area contributed by atoms with Gasteiger partial charge < -0.3 is 29.0 Å². The fourth-order valence-electron chi connectivity index (χ4n) is 4.99. The number of hydrogen-bond acceptors (Lipinski definition) is 7. The van der Waals surface area contributed by atoms with Crippen molar-refractivity contribution in [3.8, 4) is 17.0 Å². The molecular formula is C26H33N5O4. The lowest BCUT2D eigenvalue weighted by Gasteiger charge is -2.34. The summed E-state index contributed by atoms with van der Waals surface area (Å²) in [4.78, 5) is 23.3. The molecule has 35 heavy (non-hydrogen) atoms. The molecule has 3 aromatic rings. The van der Waals surface area contributed by atoms with E-state index in [1.807, 2.05) is 17.7 Å². The van der Waals surface area contributed by atoms with Crippen molar-refractivity contribution < 1.29 is 19.0 Å². The highest BCUT2D eigenvalue weighted by molar-refractivity contribution is 5.98. The van der Waals surface area contributed by atoms with E-state index in [-0.39, 0.29) is 5.91 Å². The highest BCUT2D eigenvalue weighted by atomic mass is 16.6. The topological polar surface area (TPSA) is 90.7 Å². The van der Waals surface area contributed by atoms with Gasteiger partial charge in [-0.05, 0) is 26.6 Å². The molecule has 0 radical (unpaired) electrons. The molecule has 1 amide bonds. The molecule has 1 atom stereocenters. The van der Waals surface area contributed by atoms with Crippen LogP contribution in [0.25, 0.3) is 22.2 Å². The van der Waals surface area contributed by atoms with Crippen LogP contribution in [0.3, 0.4) is 0 Å². The normalized spacial score (nSPS) is 19.5. The van der Waals surface area contributed by atoms with Gasteiger partial charge in [-0.15, -0.1) is 0 Å². The van der Waals surface area contributed by atoms with Crippen LogP contribution in [0.4, 0.5) is 5.82 Å². The van der Waals surface area contributed by atoms with E-state index >= 15 is 0 Å². The Morgan fingerprint density at radius 2 is 2.17 bits per heavy atom. The highest BCUT2D eigenvalue weighted by Gasteiger charge is 2.44. The van der Waals surface area contributed by atoms with Gasteiger partial charge in [0.15, 0.2) is 0 Å². The third-order valence-electron chi connectivity index (χ3n) is 6.69. The van der Waals surface area contributed by atoms with Crippen molar-refractivity contribution in [3.63, 3.8) is 0 Å². The lowest BCUT2D eigenvalue weighted by Crippen LogP contribution is -2.37. The van der Waals surface area contributed by atoms with E-state index in [2.05, 4.69) is 41.6 Å².